The summed E-state index contributed by atoms with van der Waals surface area (Å²) in [6.45, 7) is 7.93. The molecule has 0 atom stereocenters. The molecule has 0 saturated heterocycles. The average Bonchev–Trinajstić information content (AvgIpc) is 2.80. The van der Waals surface area contributed by atoms with E-state index >= 15 is 0 Å². The maximum Gasteiger partial charge on any atom is 0.360 e. The number of hydrogen-bond acceptors (Lipinski definition) is 7. The maximum absolute atomic E-state index is 12.1. The van der Waals surface area contributed by atoms with Crippen LogP contribution in [0.15, 0.2) is 47.6 Å². The van der Waals surface area contributed by atoms with Gasteiger partial charge in [-0.2, -0.15) is 0 Å². The molecule has 7 heteroatoms. The summed E-state index contributed by atoms with van der Waals surface area (Å²) in [6, 6.07) is 13.5. The smallest absolute Gasteiger partial charge is 0.360 e. The van der Waals surface area contributed by atoms with E-state index in [0.29, 0.717) is 12.0 Å². The topological polar surface area (TPSA) is 83.4 Å². The van der Waals surface area contributed by atoms with Crippen LogP contribution in [0, 0.1) is 6.92 Å². The van der Waals surface area contributed by atoms with Crippen molar-refractivity contribution in [1.29, 1.82) is 0 Å². The van der Waals surface area contributed by atoms with E-state index in [2.05, 4.69) is 17.3 Å². The number of unbranched alkanes of at least 4 members (excludes halogenated alkanes) is 2. The molecule has 0 bridgehead atoms. The number of benzene rings is 2. The van der Waals surface area contributed by atoms with Crippen molar-refractivity contribution in [1.82, 2.24) is 0 Å². The first kappa shape index (κ1) is 27.9. The van der Waals surface area contributed by atoms with Gasteiger partial charge in [0, 0.05) is 12.0 Å². The van der Waals surface area contributed by atoms with E-state index in [1.165, 1.54) is 19.8 Å². The van der Waals surface area contributed by atoms with Crippen LogP contribution < -0.4 is 4.74 Å². The van der Waals surface area contributed by atoms with Crippen LogP contribution in [0.25, 0.3) is 0 Å². The minimum absolute atomic E-state index is 0.0907. The highest BCUT2D eigenvalue weighted by Crippen LogP contribution is 2.23. The largest absolute Gasteiger partial charge is 0.489 e. The summed E-state index contributed by atoms with van der Waals surface area (Å²) < 4.78 is 16.3. The first-order valence-corrected chi connectivity index (χ1v) is 11.9. The highest BCUT2D eigenvalue weighted by atomic mass is 16.6. The van der Waals surface area contributed by atoms with Crippen molar-refractivity contribution < 1.29 is 28.6 Å². The number of hydrogen-bond donors (Lipinski definition) is 0. The molecule has 0 saturated carbocycles. The predicted molar refractivity (Wildman–Crippen MR) is 136 cm³/mol. The third kappa shape index (κ3) is 9.43. The van der Waals surface area contributed by atoms with Gasteiger partial charge in [-0.25, -0.2) is 4.79 Å². The summed E-state index contributed by atoms with van der Waals surface area (Å²) in [5.41, 5.74) is 3.32. The molecule has 0 heterocycles. The summed E-state index contributed by atoms with van der Waals surface area (Å²) in [7, 11) is 2.69. The molecule has 0 fully saturated rings. The van der Waals surface area contributed by atoms with Gasteiger partial charge in [-0.3, -0.25) is 4.79 Å². The molecule has 0 aliphatic heterocycles. The summed E-state index contributed by atoms with van der Waals surface area (Å²) >= 11 is 0. The summed E-state index contributed by atoms with van der Waals surface area (Å²) in [6.07, 6.45) is 4.20. The molecule has 2 rings (SSSR count). The fourth-order valence-electron chi connectivity index (χ4n) is 3.61. The Morgan fingerprint density at radius 3 is 2.37 bits per heavy atom. The van der Waals surface area contributed by atoms with Gasteiger partial charge >= 0.3 is 11.9 Å². The zero-order valence-corrected chi connectivity index (χ0v) is 21.7. The molecule has 0 aliphatic rings. The average molecular weight is 484 g/mol. The number of esters is 2. The molecule has 2 aromatic rings. The van der Waals surface area contributed by atoms with Crippen LogP contribution in [0.4, 0.5) is 0 Å². The second-order valence-electron chi connectivity index (χ2n) is 9.31. The van der Waals surface area contributed by atoms with Crippen LogP contribution in [0.1, 0.15) is 68.7 Å². The van der Waals surface area contributed by atoms with Crippen LogP contribution >= 0.6 is 0 Å². The van der Waals surface area contributed by atoms with Gasteiger partial charge in [-0.05, 0) is 69.7 Å². The van der Waals surface area contributed by atoms with Crippen molar-refractivity contribution in [2.24, 2.45) is 5.16 Å². The SMILES string of the molecule is CO/N=C(/C(=O)OC)c1ccccc1COc1ccc(CCCCCC(=O)OC(C)(C)C)cc1C. The summed E-state index contributed by atoms with van der Waals surface area (Å²) in [4.78, 5) is 28.8. The standard InChI is InChI=1S/C28H37NO6/c1-20-18-21(12-8-7-9-15-25(30)35-28(2,3)4)16-17-24(20)34-19-22-13-10-11-14-23(22)26(29-33-6)27(31)32-5/h10-11,13-14,16-18H,7-9,12,15,19H2,1-6H3/b29-26+. The third-order valence-corrected chi connectivity index (χ3v) is 5.22. The lowest BCUT2D eigenvalue weighted by Gasteiger charge is -2.19. The number of ether oxygens (including phenoxy) is 3. The molecule has 0 amide bonds. The van der Waals surface area contributed by atoms with Crippen LogP contribution in [0.2, 0.25) is 0 Å². The van der Waals surface area contributed by atoms with Gasteiger partial charge in [0.25, 0.3) is 0 Å². The highest BCUT2D eigenvalue weighted by Gasteiger charge is 2.19. The van der Waals surface area contributed by atoms with Crippen LogP contribution in [-0.4, -0.2) is 37.5 Å². The van der Waals surface area contributed by atoms with Crippen molar-refractivity contribution in [3.8, 4) is 5.75 Å². The molecular formula is C28H37NO6. The van der Waals surface area contributed by atoms with Gasteiger partial charge in [-0.1, -0.05) is 48.0 Å². The van der Waals surface area contributed by atoms with Crippen molar-refractivity contribution in [2.75, 3.05) is 14.2 Å². The van der Waals surface area contributed by atoms with Gasteiger partial charge in [0.15, 0.2) is 5.71 Å². The Labute approximate surface area is 208 Å². The lowest BCUT2D eigenvalue weighted by molar-refractivity contribution is -0.154. The Balaban J connectivity index is 1.92. The fourth-order valence-corrected chi connectivity index (χ4v) is 3.61. The van der Waals surface area contributed by atoms with Crippen LogP contribution in [0.3, 0.4) is 0 Å². The number of oxime groups is 1. The molecule has 0 N–H and O–H groups in total. The molecular weight excluding hydrogens is 446 g/mol. The van der Waals surface area contributed by atoms with Crippen molar-refractivity contribution in [3.05, 3.63) is 64.7 Å². The minimum atomic E-state index is -0.578. The molecule has 35 heavy (non-hydrogen) atoms. The van der Waals surface area contributed by atoms with Gasteiger partial charge in [0.05, 0.1) is 7.11 Å². The first-order chi connectivity index (χ1) is 16.6. The molecule has 0 unspecified atom stereocenters. The van der Waals surface area contributed by atoms with E-state index in [0.717, 1.165) is 42.6 Å². The van der Waals surface area contributed by atoms with Gasteiger partial charge in [-0.15, -0.1) is 0 Å². The summed E-state index contributed by atoms with van der Waals surface area (Å²) in [5, 5.41) is 3.84. The second kappa shape index (κ2) is 13.5. The minimum Gasteiger partial charge on any atom is -0.489 e. The Morgan fingerprint density at radius 2 is 1.71 bits per heavy atom. The molecule has 0 spiro atoms. The number of aryl methyl sites for hydroxylation is 2. The first-order valence-electron chi connectivity index (χ1n) is 11.9. The zero-order valence-electron chi connectivity index (χ0n) is 21.7. The molecule has 7 nitrogen and oxygen atoms in total. The van der Waals surface area contributed by atoms with E-state index in [-0.39, 0.29) is 18.3 Å². The molecule has 0 aliphatic carbocycles. The lowest BCUT2D eigenvalue weighted by atomic mass is 10.0. The molecule has 2 aromatic carbocycles. The van der Waals surface area contributed by atoms with Gasteiger partial charge < -0.3 is 19.0 Å². The zero-order chi connectivity index (χ0) is 25.8. The van der Waals surface area contributed by atoms with Gasteiger partial charge in [0.2, 0.25) is 0 Å². The highest BCUT2D eigenvalue weighted by molar-refractivity contribution is 6.43. The Morgan fingerprint density at radius 1 is 0.971 bits per heavy atom. The van der Waals surface area contributed by atoms with Crippen LogP contribution in [0.5, 0.6) is 5.75 Å². The van der Waals surface area contributed by atoms with Crippen molar-refractivity contribution >= 4 is 17.7 Å². The Hall–Kier alpha value is -3.35. The molecule has 0 radical (unpaired) electrons. The third-order valence-electron chi connectivity index (χ3n) is 5.22. The van der Waals surface area contributed by atoms with Gasteiger partial charge in [0.1, 0.15) is 25.1 Å². The number of rotatable bonds is 12. The van der Waals surface area contributed by atoms with E-state index < -0.39 is 11.6 Å². The maximum atomic E-state index is 12.1. The molecule has 0 aromatic heterocycles. The number of carbonyl (C=O) groups excluding carboxylic acids is 2. The van der Waals surface area contributed by atoms with E-state index in [9.17, 15) is 9.59 Å². The predicted octanol–water partition coefficient (Wildman–Crippen LogP) is 5.54. The quantitative estimate of drug-likeness (QED) is 0.171. The van der Waals surface area contributed by atoms with Crippen molar-refractivity contribution in [3.63, 3.8) is 0 Å². The monoisotopic (exact) mass is 483 g/mol. The number of nitrogens with zero attached hydrogens (tertiary/aromatic N) is 1. The van der Waals surface area contributed by atoms with E-state index in [1.807, 2.05) is 52.0 Å². The molecule has 190 valence electrons. The number of carbonyl (C=O) groups is 2. The Kier molecular flexibility index (Phi) is 10.8. The summed E-state index contributed by atoms with van der Waals surface area (Å²) in [5.74, 6) is 0.0614. The van der Waals surface area contributed by atoms with E-state index in [1.54, 1.807) is 6.07 Å². The fraction of sp³-hybridized carbons (Fsp3) is 0.464. The van der Waals surface area contributed by atoms with E-state index in [4.69, 9.17) is 19.0 Å². The normalized spacial score (nSPS) is 11.7. The lowest BCUT2D eigenvalue weighted by Crippen LogP contribution is -2.23. The Bertz CT molecular complexity index is 1020. The number of methoxy groups -OCH3 is 1. The van der Waals surface area contributed by atoms with Crippen LogP contribution in [-0.2, 0) is 36.9 Å². The van der Waals surface area contributed by atoms with Crippen molar-refractivity contribution in [2.45, 2.75) is 72.0 Å². The second-order valence-corrected chi connectivity index (χ2v) is 9.31.